The predicted octanol–water partition coefficient (Wildman–Crippen LogP) is 3.87. The lowest BCUT2D eigenvalue weighted by atomic mass is 9.81. The third-order valence-corrected chi connectivity index (χ3v) is 7.38. The van der Waals surface area contributed by atoms with Crippen LogP contribution in [0.25, 0.3) is 5.65 Å². The normalized spacial score (nSPS) is 24.4. The molecule has 1 aliphatic heterocycles. The van der Waals surface area contributed by atoms with Crippen molar-refractivity contribution in [1.82, 2.24) is 19.9 Å². The lowest BCUT2D eigenvalue weighted by Gasteiger charge is -2.31. The Labute approximate surface area is 200 Å². The molecule has 194 valence electrons. The summed E-state index contributed by atoms with van der Waals surface area (Å²) >= 11 is 0. The Balaban J connectivity index is 1.61. The molecule has 4 rings (SSSR count). The highest BCUT2D eigenvalue weighted by molar-refractivity contribution is 5.80. The summed E-state index contributed by atoms with van der Waals surface area (Å²) in [5.74, 6) is -5.65. The number of fused-ring (bicyclic) bond motifs is 1. The summed E-state index contributed by atoms with van der Waals surface area (Å²) in [4.78, 5) is 18.9. The van der Waals surface area contributed by atoms with Crippen LogP contribution in [-0.2, 0) is 11.2 Å². The number of anilines is 1. The maximum atomic E-state index is 13.6. The van der Waals surface area contributed by atoms with Gasteiger partial charge in [-0.15, -0.1) is 0 Å². The first-order valence-corrected chi connectivity index (χ1v) is 12.0. The number of carbonyl (C=O) groups excluding carboxylic acids is 1. The topological polar surface area (TPSA) is 88.6 Å². The second-order valence-corrected chi connectivity index (χ2v) is 9.80. The van der Waals surface area contributed by atoms with Gasteiger partial charge in [0.05, 0.1) is 35.2 Å². The number of alkyl halides is 5. The first-order chi connectivity index (χ1) is 16.4. The van der Waals surface area contributed by atoms with Crippen LogP contribution < -0.4 is 16.0 Å². The summed E-state index contributed by atoms with van der Waals surface area (Å²) in [6.45, 7) is 2.12. The molecule has 3 atom stereocenters. The molecule has 2 aromatic heterocycles. The molecule has 2 unspecified atom stereocenters. The molecule has 2 aromatic rings. The van der Waals surface area contributed by atoms with E-state index in [0.717, 1.165) is 0 Å². The summed E-state index contributed by atoms with van der Waals surface area (Å²) in [6, 6.07) is 1.25. The minimum Gasteiger partial charge on any atom is -0.373 e. The van der Waals surface area contributed by atoms with E-state index in [-0.39, 0.29) is 31.6 Å². The molecule has 1 amide bonds. The predicted molar refractivity (Wildman–Crippen MR) is 120 cm³/mol. The molecule has 0 aromatic carbocycles. The number of rotatable bonds is 6. The van der Waals surface area contributed by atoms with E-state index in [1.54, 1.807) is 12.3 Å². The van der Waals surface area contributed by atoms with Crippen LogP contribution in [0.1, 0.15) is 56.5 Å². The van der Waals surface area contributed by atoms with E-state index in [9.17, 15) is 26.7 Å². The lowest BCUT2D eigenvalue weighted by molar-refractivity contribution is -0.183. The van der Waals surface area contributed by atoms with Crippen molar-refractivity contribution in [3.8, 4) is 0 Å². The largest absolute Gasteiger partial charge is 0.393 e. The summed E-state index contributed by atoms with van der Waals surface area (Å²) in [7, 11) is 1.83. The number of hydrogen-bond acceptors (Lipinski definition) is 5. The summed E-state index contributed by atoms with van der Waals surface area (Å²) < 4.78 is 68.5. The maximum absolute atomic E-state index is 13.6. The van der Waals surface area contributed by atoms with E-state index < -0.39 is 42.4 Å². The van der Waals surface area contributed by atoms with Crippen molar-refractivity contribution < 1.29 is 26.7 Å². The van der Waals surface area contributed by atoms with Gasteiger partial charge < -0.3 is 16.0 Å². The zero-order chi connectivity index (χ0) is 25.5. The Hall–Kier alpha value is -2.50. The molecular formula is C23H31F5N6O. The second kappa shape index (κ2) is 9.51. The van der Waals surface area contributed by atoms with Gasteiger partial charge in [-0.3, -0.25) is 4.79 Å². The van der Waals surface area contributed by atoms with Gasteiger partial charge in [0.2, 0.25) is 11.8 Å². The highest BCUT2D eigenvalue weighted by Gasteiger charge is 2.45. The standard InChI is InChI=1S/C23H31F5N6O/c1-3-33(2)18-10-19-31-17(20(29)13-4-6-22(24,25)7-5-13)12-34(19)32-16(18)9-14-8-15(23(26,27)28)11-30-21(14)35/h10,12-15,20H,3-9,11,29H2,1-2H3,(H,30,35)/t14?,15-,20?/m1/s1. The first-order valence-electron chi connectivity index (χ1n) is 12.0. The molecule has 0 radical (unpaired) electrons. The number of nitrogens with one attached hydrogen (secondary N) is 1. The Morgan fingerprint density at radius 1 is 1.31 bits per heavy atom. The molecule has 0 spiro atoms. The van der Waals surface area contributed by atoms with E-state index in [1.807, 2.05) is 18.9 Å². The molecule has 35 heavy (non-hydrogen) atoms. The number of piperidine rings is 1. The SMILES string of the molecule is CCN(C)c1cc2nc(C(N)C3CCC(F)(F)CC3)cn2nc1CC1C[C@@H](C(F)(F)F)CNC1=O. The van der Waals surface area contributed by atoms with Crippen molar-refractivity contribution in [2.45, 2.75) is 63.6 Å². The Kier molecular flexibility index (Phi) is 6.96. The van der Waals surface area contributed by atoms with E-state index in [0.29, 0.717) is 42.1 Å². The maximum Gasteiger partial charge on any atom is 0.393 e. The smallest absolute Gasteiger partial charge is 0.373 e. The van der Waals surface area contributed by atoms with Crippen LogP contribution in [0.15, 0.2) is 12.3 Å². The van der Waals surface area contributed by atoms with Crippen LogP contribution in [0, 0.1) is 17.8 Å². The minimum atomic E-state index is -4.38. The molecule has 7 nitrogen and oxygen atoms in total. The van der Waals surface area contributed by atoms with Crippen molar-refractivity contribution in [1.29, 1.82) is 0 Å². The van der Waals surface area contributed by atoms with Gasteiger partial charge in [0, 0.05) is 51.4 Å². The van der Waals surface area contributed by atoms with Gasteiger partial charge in [0.15, 0.2) is 5.65 Å². The number of nitrogens with two attached hydrogens (primary N) is 1. The van der Waals surface area contributed by atoms with Gasteiger partial charge in [-0.25, -0.2) is 18.3 Å². The van der Waals surface area contributed by atoms with E-state index in [4.69, 9.17) is 5.73 Å². The number of imidazole rings is 1. The number of amides is 1. The third-order valence-electron chi connectivity index (χ3n) is 7.38. The molecule has 12 heteroatoms. The number of carbonyl (C=O) groups is 1. The molecule has 0 bridgehead atoms. The van der Waals surface area contributed by atoms with Crippen LogP contribution in [0.2, 0.25) is 0 Å². The van der Waals surface area contributed by atoms with E-state index >= 15 is 0 Å². The number of aromatic nitrogens is 3. The van der Waals surface area contributed by atoms with Crippen LogP contribution >= 0.6 is 0 Å². The number of halogens is 5. The van der Waals surface area contributed by atoms with Gasteiger partial charge in [-0.1, -0.05) is 0 Å². The Bertz CT molecular complexity index is 1060. The number of hydrogen-bond donors (Lipinski definition) is 2. The highest BCUT2D eigenvalue weighted by atomic mass is 19.4. The molecule has 1 saturated carbocycles. The molecule has 3 heterocycles. The van der Waals surface area contributed by atoms with Crippen molar-refractivity contribution in [2.24, 2.45) is 23.5 Å². The van der Waals surface area contributed by atoms with Crippen molar-refractivity contribution in [3.05, 3.63) is 23.7 Å². The molecule has 3 N–H and O–H groups in total. The van der Waals surface area contributed by atoms with Gasteiger partial charge >= 0.3 is 6.18 Å². The summed E-state index contributed by atoms with van der Waals surface area (Å²) in [6.07, 6.45) is -2.77. The monoisotopic (exact) mass is 502 g/mol. The van der Waals surface area contributed by atoms with Crippen LogP contribution in [0.3, 0.4) is 0 Å². The van der Waals surface area contributed by atoms with Crippen LogP contribution in [0.4, 0.5) is 27.6 Å². The first kappa shape index (κ1) is 25.6. The van der Waals surface area contributed by atoms with E-state index in [1.165, 1.54) is 4.52 Å². The highest BCUT2D eigenvalue weighted by Crippen LogP contribution is 2.40. The number of nitrogens with zero attached hydrogens (tertiary/aromatic N) is 4. The van der Waals surface area contributed by atoms with Gasteiger partial charge in [0.1, 0.15) is 0 Å². The average Bonchev–Trinajstić information content (AvgIpc) is 3.21. The zero-order valence-corrected chi connectivity index (χ0v) is 19.8. The van der Waals surface area contributed by atoms with Gasteiger partial charge in [0.25, 0.3) is 0 Å². The quantitative estimate of drug-likeness (QED) is 0.586. The van der Waals surface area contributed by atoms with Crippen LogP contribution in [-0.4, -0.2) is 52.7 Å². The second-order valence-electron chi connectivity index (χ2n) is 9.80. The molecule has 1 saturated heterocycles. The average molecular weight is 503 g/mol. The van der Waals surface area contributed by atoms with Gasteiger partial charge in [-0.2, -0.15) is 18.3 Å². The van der Waals surface area contributed by atoms with Crippen LogP contribution in [0.5, 0.6) is 0 Å². The fourth-order valence-electron chi connectivity index (χ4n) is 5.00. The third kappa shape index (κ3) is 5.52. The molecular weight excluding hydrogens is 471 g/mol. The summed E-state index contributed by atoms with van der Waals surface area (Å²) in [5.41, 5.74) is 8.57. The minimum absolute atomic E-state index is 0.0469. The van der Waals surface area contributed by atoms with Crippen molar-refractivity contribution >= 4 is 17.2 Å². The fourth-order valence-corrected chi connectivity index (χ4v) is 5.00. The Morgan fingerprint density at radius 2 is 2.00 bits per heavy atom. The van der Waals surface area contributed by atoms with Crippen molar-refractivity contribution in [2.75, 3.05) is 25.0 Å². The summed E-state index contributed by atoms with van der Waals surface area (Å²) in [5, 5.41) is 6.99. The molecule has 2 fully saturated rings. The zero-order valence-electron chi connectivity index (χ0n) is 19.8. The van der Waals surface area contributed by atoms with Crippen molar-refractivity contribution in [3.63, 3.8) is 0 Å². The fraction of sp³-hybridized carbons (Fsp3) is 0.696. The Morgan fingerprint density at radius 3 is 2.63 bits per heavy atom. The molecule has 2 aliphatic rings. The molecule has 1 aliphatic carbocycles. The van der Waals surface area contributed by atoms with Gasteiger partial charge in [-0.05, 0) is 32.1 Å². The van der Waals surface area contributed by atoms with E-state index in [2.05, 4.69) is 15.4 Å². The lowest BCUT2D eigenvalue weighted by Crippen LogP contribution is -2.47.